The Hall–Kier alpha value is -6.14. The van der Waals surface area contributed by atoms with E-state index in [-0.39, 0.29) is 26.2 Å². The predicted molar refractivity (Wildman–Crippen MR) is 296 cm³/mol. The highest BCUT2D eigenvalue weighted by molar-refractivity contribution is 7.98. The maximum Gasteiger partial charge on any atom is 0.407 e. The lowest BCUT2D eigenvalue weighted by Crippen LogP contribution is -2.49. The molecular weight excluding hydrogens is 1050 g/mol. The van der Waals surface area contributed by atoms with E-state index in [9.17, 15) is 36.0 Å². The fourth-order valence-electron chi connectivity index (χ4n) is 10.5. The highest BCUT2D eigenvalue weighted by Gasteiger charge is 2.45. The maximum absolute atomic E-state index is 14.2. The van der Waals surface area contributed by atoms with Crippen LogP contribution in [0.2, 0.25) is 0 Å². The molecule has 404 valence electrons. The summed E-state index contributed by atoms with van der Waals surface area (Å²) >= 11 is 3.06. The Morgan fingerprint density at radius 2 is 1.14 bits per heavy atom. The lowest BCUT2D eigenvalue weighted by molar-refractivity contribution is -0.135. The number of methoxy groups -OCH3 is 2. The third kappa shape index (κ3) is 11.9. The number of rotatable bonds is 16. The molecule has 0 saturated carbocycles. The number of sulfone groups is 1. The Labute approximate surface area is 451 Å². The quantitative estimate of drug-likeness (QED) is 0.0820. The molecule has 4 N–H and O–H groups in total. The number of carbonyl (C=O) groups is 4. The maximum atomic E-state index is 14.2. The Bertz CT molecular complexity index is 3200. The average molecular weight is 1110 g/mol. The van der Waals surface area contributed by atoms with E-state index in [0.717, 1.165) is 76.4 Å². The molecule has 4 heterocycles. The summed E-state index contributed by atoms with van der Waals surface area (Å²) in [4.78, 5) is 72.6. The van der Waals surface area contributed by atoms with Crippen molar-refractivity contribution in [1.82, 2.24) is 44.7 Å². The number of imidazole rings is 2. The monoisotopic (exact) mass is 1110 g/mol. The van der Waals surface area contributed by atoms with Gasteiger partial charge in [0.05, 0.1) is 60.5 Å². The van der Waals surface area contributed by atoms with Crippen molar-refractivity contribution in [3.63, 3.8) is 0 Å². The molecule has 19 nitrogen and oxygen atoms in total. The zero-order chi connectivity index (χ0) is 54.1. The van der Waals surface area contributed by atoms with Gasteiger partial charge >= 0.3 is 12.2 Å². The highest BCUT2D eigenvalue weighted by Crippen LogP contribution is 2.38. The first-order valence-corrected chi connectivity index (χ1v) is 31.6. The van der Waals surface area contributed by atoms with Crippen molar-refractivity contribution in [1.29, 1.82) is 0 Å². The number of amides is 4. The molecule has 23 heteroatoms. The zero-order valence-electron chi connectivity index (χ0n) is 43.3. The first-order valence-electron chi connectivity index (χ1n) is 25.0. The molecule has 2 fully saturated rings. The molecule has 4 amide bonds. The molecule has 6 aliphatic rings. The van der Waals surface area contributed by atoms with Crippen molar-refractivity contribution >= 4 is 89.5 Å². The number of hydrogen-bond donors (Lipinski definition) is 4. The summed E-state index contributed by atoms with van der Waals surface area (Å²) in [6, 6.07) is 22.2. The van der Waals surface area contributed by atoms with Gasteiger partial charge in [-0.2, -0.15) is 27.8 Å². The predicted octanol–water partition coefficient (Wildman–Crippen LogP) is 6.40. The molecule has 5 atom stereocenters. The smallest absolute Gasteiger partial charge is 0.407 e. The second-order valence-electron chi connectivity index (χ2n) is 19.7. The Morgan fingerprint density at radius 3 is 1.61 bits per heavy atom. The molecular formula is C53H63N9O10S4. The number of H-pyrrole nitrogens is 2. The van der Waals surface area contributed by atoms with Gasteiger partial charge < -0.3 is 39.9 Å². The molecule has 0 spiro atoms. The molecule has 0 radical (unpaired) electrons. The molecule has 4 aliphatic carbocycles. The molecule has 1 unspecified atom stereocenters. The van der Waals surface area contributed by atoms with E-state index in [1.807, 2.05) is 30.7 Å². The van der Waals surface area contributed by atoms with Gasteiger partial charge in [0.15, 0.2) is 9.84 Å². The van der Waals surface area contributed by atoms with Crippen LogP contribution in [-0.4, -0.2) is 163 Å². The molecule has 4 bridgehead atoms. The van der Waals surface area contributed by atoms with Crippen molar-refractivity contribution in [2.75, 3.05) is 70.5 Å². The number of benzene rings is 4. The van der Waals surface area contributed by atoms with Gasteiger partial charge in [0.25, 0.3) is 0 Å². The van der Waals surface area contributed by atoms with Crippen molar-refractivity contribution in [3.8, 4) is 22.3 Å². The number of nitrogens with zero attached hydrogens (tertiary/aromatic N) is 5. The van der Waals surface area contributed by atoms with Crippen LogP contribution in [0, 0.1) is 0 Å². The second kappa shape index (κ2) is 22.8. The molecule has 4 aromatic carbocycles. The topological polar surface area (TPSA) is 246 Å². The summed E-state index contributed by atoms with van der Waals surface area (Å²) < 4.78 is 62.5. The summed E-state index contributed by atoms with van der Waals surface area (Å²) in [6.07, 6.45) is 8.45. The molecule has 76 heavy (non-hydrogen) atoms. The van der Waals surface area contributed by atoms with E-state index in [4.69, 9.17) is 19.4 Å². The van der Waals surface area contributed by atoms with Crippen LogP contribution in [0.4, 0.5) is 9.59 Å². The Balaban J connectivity index is 0.968. The van der Waals surface area contributed by atoms with Crippen molar-refractivity contribution in [2.24, 2.45) is 0 Å². The van der Waals surface area contributed by atoms with Gasteiger partial charge in [-0.1, -0.05) is 48.5 Å². The van der Waals surface area contributed by atoms with Crippen LogP contribution in [0.1, 0.15) is 65.2 Å². The first-order chi connectivity index (χ1) is 36.3. The third-order valence-corrected chi connectivity index (χ3v) is 18.7. The van der Waals surface area contributed by atoms with Crippen molar-refractivity contribution < 1.29 is 45.5 Å². The molecule has 12 rings (SSSR count). The van der Waals surface area contributed by atoms with E-state index >= 15 is 0 Å². The highest BCUT2D eigenvalue weighted by atomic mass is 32.2. The summed E-state index contributed by atoms with van der Waals surface area (Å²) in [7, 11) is -4.75. The fraction of sp³-hybridized carbons (Fsp3) is 0.434. The number of aromatic amines is 2. The number of ether oxygens (including phenoxy) is 2. The van der Waals surface area contributed by atoms with Gasteiger partial charge in [-0.05, 0) is 138 Å². The van der Waals surface area contributed by atoms with E-state index < -0.39 is 73.3 Å². The standard InChI is InChI=1S/C53H63N9O10S4/c1-71-52(65)58-42(19-21-73-3)50(63)61-28-37(75(5,67)68)27-46(61)48-54-40-17-15-35(25-44(40)56-48)38-23-31-7-11-33(38)12-8-32-10-14-34(13-9-31)39(24-32)36-16-18-41-45(26-36)57-49(55-41)47-29-60(76(6,69)70)30-62(47)51(64)43(20-22-74-4)59-53(66)72-2/h7,10-11,14-18,23-26,37,42-43,46-47H,8-9,12-13,19-22,27-30H2,1-6H3,(H,54,56)(H,55,57)(H,58,65)(H,59,66)/t37?,42-,43-,46-,47-/m0/s1. The van der Waals surface area contributed by atoms with E-state index in [0.29, 0.717) is 47.0 Å². The Kier molecular flexibility index (Phi) is 16.4. The number of fused-ring (bicyclic) bond motifs is 2. The van der Waals surface area contributed by atoms with Gasteiger partial charge in [0.2, 0.25) is 21.8 Å². The number of likely N-dealkylation sites (tertiary alicyclic amines) is 1. The van der Waals surface area contributed by atoms with Gasteiger partial charge in [-0.3, -0.25) is 9.59 Å². The zero-order valence-corrected chi connectivity index (χ0v) is 46.5. The minimum atomic E-state index is -3.69. The lowest BCUT2D eigenvalue weighted by atomic mass is 9.87. The number of aryl methyl sites for hydroxylation is 4. The molecule has 2 aliphatic heterocycles. The van der Waals surface area contributed by atoms with Crippen LogP contribution in [0.15, 0.2) is 72.8 Å². The average Bonchev–Trinajstić information content (AvgIpc) is 4.23. The van der Waals surface area contributed by atoms with E-state index in [1.165, 1.54) is 69.2 Å². The third-order valence-electron chi connectivity index (χ3n) is 14.7. The summed E-state index contributed by atoms with van der Waals surface area (Å²) in [5.74, 6) is 1.27. The van der Waals surface area contributed by atoms with Crippen LogP contribution >= 0.6 is 23.5 Å². The number of carbonyl (C=O) groups excluding carboxylic acids is 4. The first kappa shape index (κ1) is 54.6. The number of sulfonamides is 1. The minimum Gasteiger partial charge on any atom is -0.453 e. The second-order valence-corrected chi connectivity index (χ2v) is 26.0. The van der Waals surface area contributed by atoms with Crippen LogP contribution in [0.5, 0.6) is 0 Å². The van der Waals surface area contributed by atoms with Crippen LogP contribution in [-0.2, 0) is 64.6 Å². The normalized spacial score (nSPS) is 18.9. The van der Waals surface area contributed by atoms with Crippen molar-refractivity contribution in [2.45, 2.75) is 74.4 Å². The van der Waals surface area contributed by atoms with Crippen LogP contribution < -0.4 is 10.6 Å². The number of aromatic nitrogens is 4. The molecule has 6 aromatic rings. The van der Waals surface area contributed by atoms with E-state index in [2.05, 4.69) is 75.2 Å². The van der Waals surface area contributed by atoms with Gasteiger partial charge in [0.1, 0.15) is 29.8 Å². The molecule has 2 saturated heterocycles. The van der Waals surface area contributed by atoms with Gasteiger partial charge in [-0.15, -0.1) is 0 Å². The summed E-state index contributed by atoms with van der Waals surface area (Å²) in [5, 5.41) is 4.49. The van der Waals surface area contributed by atoms with Gasteiger partial charge in [0, 0.05) is 19.3 Å². The number of nitrogens with one attached hydrogen (secondary N) is 4. The summed E-state index contributed by atoms with van der Waals surface area (Å²) in [6.45, 7) is -0.220. The SMILES string of the molecule is COC(=O)N[C@@H](CCSC)C(=O)N1CC(S(C)(=O)=O)C[C@H]1c1nc2ccc(-c3cc4ccc3CCc3ccc(c(-c5ccc6nc([C@@H]7CN(S(C)(=O)=O)CN7C(=O)[C@H](CCSC)NC(=O)OC)[nH]c6c5)c3)CC4)cc2[nH]1. The summed E-state index contributed by atoms with van der Waals surface area (Å²) in [5.41, 5.74) is 11.7. The molecule has 2 aromatic heterocycles. The Morgan fingerprint density at radius 1 is 0.658 bits per heavy atom. The van der Waals surface area contributed by atoms with E-state index in [1.54, 1.807) is 0 Å². The lowest BCUT2D eigenvalue weighted by Gasteiger charge is -2.28. The number of alkyl carbamates (subject to hydrolysis) is 2. The van der Waals surface area contributed by atoms with Gasteiger partial charge in [-0.25, -0.2) is 36.4 Å². The number of hydrogen-bond acceptors (Lipinski definition) is 14. The number of thioether (sulfide) groups is 2. The fourth-order valence-corrected chi connectivity index (χ4v) is 13.2. The van der Waals surface area contributed by atoms with Crippen LogP contribution in [0.3, 0.4) is 0 Å². The largest absolute Gasteiger partial charge is 0.453 e. The van der Waals surface area contributed by atoms with Crippen LogP contribution in [0.25, 0.3) is 44.3 Å². The van der Waals surface area contributed by atoms with Crippen molar-refractivity contribution in [3.05, 3.63) is 107 Å². The minimum absolute atomic E-state index is 0.00487.